The first-order valence-electron chi connectivity index (χ1n) is 7.08. The second kappa shape index (κ2) is 7.88. The van der Waals surface area contributed by atoms with Crippen LogP contribution in [-0.2, 0) is 9.53 Å². The van der Waals surface area contributed by atoms with Crippen molar-refractivity contribution in [3.05, 3.63) is 66.9 Å². The first-order chi connectivity index (χ1) is 10.7. The Balaban J connectivity index is 2.35. The maximum absolute atomic E-state index is 11.6. The van der Waals surface area contributed by atoms with Crippen LogP contribution >= 0.6 is 0 Å². The van der Waals surface area contributed by atoms with E-state index >= 15 is 0 Å². The number of esters is 1. The predicted molar refractivity (Wildman–Crippen MR) is 87.3 cm³/mol. The van der Waals surface area contributed by atoms with Crippen LogP contribution in [0.3, 0.4) is 0 Å². The van der Waals surface area contributed by atoms with Crippen LogP contribution in [0.1, 0.15) is 6.92 Å². The molecule has 0 saturated carbocycles. The summed E-state index contributed by atoms with van der Waals surface area (Å²) in [6.07, 6.45) is 3.11. The molecule has 0 heterocycles. The van der Waals surface area contributed by atoms with Crippen molar-refractivity contribution in [2.75, 3.05) is 18.6 Å². The summed E-state index contributed by atoms with van der Waals surface area (Å²) in [5, 5.41) is 0. The van der Waals surface area contributed by atoms with Crippen molar-refractivity contribution in [3.8, 4) is 5.75 Å². The number of rotatable bonds is 6. The van der Waals surface area contributed by atoms with Gasteiger partial charge in [-0.05, 0) is 31.2 Å². The zero-order chi connectivity index (χ0) is 15.8. The van der Waals surface area contributed by atoms with Crippen molar-refractivity contribution >= 4 is 17.3 Å². The number of ether oxygens (including phenoxy) is 2. The third kappa shape index (κ3) is 4.12. The van der Waals surface area contributed by atoms with Crippen LogP contribution in [0.5, 0.6) is 5.75 Å². The average molecular weight is 297 g/mol. The number of hydrogen-bond acceptors (Lipinski definition) is 4. The maximum atomic E-state index is 11.6. The van der Waals surface area contributed by atoms with Crippen LogP contribution < -0.4 is 9.64 Å². The van der Waals surface area contributed by atoms with Crippen molar-refractivity contribution in [3.63, 3.8) is 0 Å². The molecule has 0 aliphatic rings. The molecule has 0 N–H and O–H groups in total. The smallest absolute Gasteiger partial charge is 0.332 e. The van der Waals surface area contributed by atoms with Crippen molar-refractivity contribution in [2.45, 2.75) is 6.92 Å². The van der Waals surface area contributed by atoms with Crippen LogP contribution in [0.4, 0.5) is 11.4 Å². The molecule has 114 valence electrons. The molecule has 2 aromatic rings. The van der Waals surface area contributed by atoms with E-state index in [9.17, 15) is 4.79 Å². The number of methoxy groups -OCH3 is 1. The van der Waals surface area contributed by atoms with E-state index in [1.165, 1.54) is 6.08 Å². The highest BCUT2D eigenvalue weighted by atomic mass is 16.5. The highest BCUT2D eigenvalue weighted by molar-refractivity contribution is 5.83. The van der Waals surface area contributed by atoms with Crippen molar-refractivity contribution < 1.29 is 14.3 Å². The molecule has 0 unspecified atom stereocenters. The van der Waals surface area contributed by atoms with E-state index in [0.717, 1.165) is 17.1 Å². The van der Waals surface area contributed by atoms with Gasteiger partial charge in [0.15, 0.2) is 0 Å². The van der Waals surface area contributed by atoms with Gasteiger partial charge in [-0.2, -0.15) is 0 Å². The lowest BCUT2D eigenvalue weighted by atomic mass is 10.2. The van der Waals surface area contributed by atoms with Gasteiger partial charge in [0.05, 0.1) is 13.7 Å². The van der Waals surface area contributed by atoms with Gasteiger partial charge in [0.25, 0.3) is 0 Å². The van der Waals surface area contributed by atoms with Gasteiger partial charge in [-0.3, -0.25) is 0 Å². The molecule has 0 amide bonds. The van der Waals surface area contributed by atoms with Gasteiger partial charge in [-0.1, -0.05) is 24.3 Å². The summed E-state index contributed by atoms with van der Waals surface area (Å²) in [6, 6.07) is 17.4. The van der Waals surface area contributed by atoms with Crippen molar-refractivity contribution in [1.29, 1.82) is 0 Å². The standard InChI is InChI=1S/C18H19NO3/c1-3-22-18(20)12-13-19(15-8-5-4-6-9-15)16-10-7-11-17(14-16)21-2/h4-14H,3H2,1-2H3. The number of carbonyl (C=O) groups excluding carboxylic acids is 1. The monoisotopic (exact) mass is 297 g/mol. The molecule has 22 heavy (non-hydrogen) atoms. The van der Waals surface area contributed by atoms with Crippen LogP contribution in [0.25, 0.3) is 0 Å². The fraction of sp³-hybridized carbons (Fsp3) is 0.167. The van der Waals surface area contributed by atoms with E-state index in [2.05, 4.69) is 0 Å². The maximum Gasteiger partial charge on any atom is 0.332 e. The summed E-state index contributed by atoms with van der Waals surface area (Å²) < 4.78 is 10.2. The number of carbonyl (C=O) groups is 1. The Morgan fingerprint density at radius 3 is 2.50 bits per heavy atom. The van der Waals surface area contributed by atoms with Gasteiger partial charge in [-0.15, -0.1) is 0 Å². The highest BCUT2D eigenvalue weighted by Crippen LogP contribution is 2.28. The summed E-state index contributed by atoms with van der Waals surface area (Å²) in [4.78, 5) is 13.5. The molecule has 0 atom stereocenters. The molecule has 2 rings (SSSR count). The zero-order valence-corrected chi connectivity index (χ0v) is 12.7. The normalized spacial score (nSPS) is 10.5. The molecule has 0 fully saturated rings. The number of hydrogen-bond donors (Lipinski definition) is 0. The minimum absolute atomic E-state index is 0.355. The van der Waals surface area contributed by atoms with E-state index in [0.29, 0.717) is 6.61 Å². The number of para-hydroxylation sites is 1. The molecule has 0 spiro atoms. The SMILES string of the molecule is CCOC(=O)C=CN(c1ccccc1)c1cccc(OC)c1. The Morgan fingerprint density at radius 1 is 1.09 bits per heavy atom. The minimum atomic E-state index is -0.369. The van der Waals surface area contributed by atoms with E-state index < -0.39 is 0 Å². The molecule has 0 aliphatic heterocycles. The average Bonchev–Trinajstić information content (AvgIpc) is 2.56. The molecular weight excluding hydrogens is 278 g/mol. The fourth-order valence-corrected chi connectivity index (χ4v) is 2.00. The Labute approximate surface area is 130 Å². The van der Waals surface area contributed by atoms with Gasteiger partial charge in [-0.25, -0.2) is 4.79 Å². The van der Waals surface area contributed by atoms with Gasteiger partial charge < -0.3 is 14.4 Å². The Kier molecular flexibility index (Phi) is 5.60. The minimum Gasteiger partial charge on any atom is -0.497 e. The zero-order valence-electron chi connectivity index (χ0n) is 12.7. The fourth-order valence-electron chi connectivity index (χ4n) is 2.00. The van der Waals surface area contributed by atoms with E-state index in [4.69, 9.17) is 9.47 Å². The largest absolute Gasteiger partial charge is 0.497 e. The Hall–Kier alpha value is -2.75. The van der Waals surface area contributed by atoms with Gasteiger partial charge in [0.2, 0.25) is 0 Å². The van der Waals surface area contributed by atoms with Crippen molar-refractivity contribution in [1.82, 2.24) is 0 Å². The lowest BCUT2D eigenvalue weighted by Gasteiger charge is -2.21. The van der Waals surface area contributed by atoms with Crippen LogP contribution in [-0.4, -0.2) is 19.7 Å². The van der Waals surface area contributed by atoms with E-state index in [1.54, 1.807) is 20.2 Å². The van der Waals surface area contributed by atoms with Crippen LogP contribution in [0, 0.1) is 0 Å². The van der Waals surface area contributed by atoms with E-state index in [1.807, 2.05) is 59.5 Å². The summed E-state index contributed by atoms with van der Waals surface area (Å²) in [5.74, 6) is 0.384. The lowest BCUT2D eigenvalue weighted by molar-refractivity contribution is -0.137. The van der Waals surface area contributed by atoms with Crippen LogP contribution in [0.15, 0.2) is 66.9 Å². The highest BCUT2D eigenvalue weighted by Gasteiger charge is 2.08. The summed E-state index contributed by atoms with van der Waals surface area (Å²) in [6.45, 7) is 2.14. The molecule has 0 bridgehead atoms. The summed E-state index contributed by atoms with van der Waals surface area (Å²) >= 11 is 0. The first kappa shape index (κ1) is 15.6. The quantitative estimate of drug-likeness (QED) is 0.598. The van der Waals surface area contributed by atoms with Crippen LogP contribution in [0.2, 0.25) is 0 Å². The molecule has 0 radical (unpaired) electrons. The second-order valence-electron chi connectivity index (χ2n) is 4.47. The molecular formula is C18H19NO3. The van der Waals surface area contributed by atoms with Gasteiger partial charge in [0.1, 0.15) is 5.75 Å². The molecule has 0 saturated heterocycles. The molecule has 2 aromatic carbocycles. The number of anilines is 2. The van der Waals surface area contributed by atoms with Gasteiger partial charge in [0, 0.05) is 29.7 Å². The topological polar surface area (TPSA) is 38.8 Å². The van der Waals surface area contributed by atoms with Crippen molar-refractivity contribution in [2.24, 2.45) is 0 Å². The third-order valence-corrected chi connectivity index (χ3v) is 3.01. The number of nitrogens with zero attached hydrogens (tertiary/aromatic N) is 1. The van der Waals surface area contributed by atoms with E-state index in [-0.39, 0.29) is 5.97 Å². The number of benzene rings is 2. The Bertz CT molecular complexity index is 638. The predicted octanol–water partition coefficient (Wildman–Crippen LogP) is 3.91. The summed E-state index contributed by atoms with van der Waals surface area (Å²) in [7, 11) is 1.63. The third-order valence-electron chi connectivity index (χ3n) is 3.01. The summed E-state index contributed by atoms with van der Waals surface area (Å²) in [5.41, 5.74) is 1.84. The molecule has 0 aromatic heterocycles. The van der Waals surface area contributed by atoms with Gasteiger partial charge >= 0.3 is 5.97 Å². The lowest BCUT2D eigenvalue weighted by Crippen LogP contribution is -2.10. The molecule has 4 heteroatoms. The first-order valence-corrected chi connectivity index (χ1v) is 7.08. The molecule has 0 aliphatic carbocycles. The second-order valence-corrected chi connectivity index (χ2v) is 4.47. The molecule has 4 nitrogen and oxygen atoms in total. The Morgan fingerprint density at radius 2 is 1.82 bits per heavy atom.